The van der Waals surface area contributed by atoms with Gasteiger partial charge in [0.25, 0.3) is 5.91 Å². The summed E-state index contributed by atoms with van der Waals surface area (Å²) in [6.07, 6.45) is 0.697. The molecule has 182 valence electrons. The van der Waals surface area contributed by atoms with Crippen LogP contribution in [0.2, 0.25) is 0 Å². The number of amides is 3. The van der Waals surface area contributed by atoms with Crippen LogP contribution in [0, 0.1) is 30.6 Å². The first kappa shape index (κ1) is 24.3. The summed E-state index contributed by atoms with van der Waals surface area (Å²) in [6.45, 7) is 1.44. The second-order valence-corrected chi connectivity index (χ2v) is 11.0. The molecule has 2 saturated carbocycles. The molecule has 0 unspecified atom stereocenters. The Balaban J connectivity index is 1.21. The van der Waals surface area contributed by atoms with Gasteiger partial charge in [-0.05, 0) is 73.2 Å². The SMILES string of the molecule is Cc1cc(NC(=O)COC(=O)c2ccc(N3C(=O)[C@@H]4[C@H]5C[C@@H]([C@H](Cl)[C@H]5Cl)[C@@H]4C3=O)cc2)ccc1Br. The molecule has 0 spiro atoms. The fourth-order valence-corrected chi connectivity index (χ4v) is 6.62. The average Bonchev–Trinajstić information content (AvgIpc) is 3.45. The highest BCUT2D eigenvalue weighted by molar-refractivity contribution is 9.10. The number of fused-ring (bicyclic) bond motifs is 5. The third kappa shape index (κ3) is 4.15. The van der Waals surface area contributed by atoms with Crippen LogP contribution < -0.4 is 10.2 Å². The van der Waals surface area contributed by atoms with Crippen molar-refractivity contribution in [2.45, 2.75) is 24.1 Å². The van der Waals surface area contributed by atoms with Crippen molar-refractivity contribution in [3.05, 3.63) is 58.1 Å². The van der Waals surface area contributed by atoms with Crippen LogP contribution in [-0.2, 0) is 19.1 Å². The quantitative estimate of drug-likeness (QED) is 0.319. The molecular weight excluding hydrogens is 559 g/mol. The highest BCUT2D eigenvalue weighted by Crippen LogP contribution is 2.59. The minimum absolute atomic E-state index is 0.0997. The number of anilines is 2. The topological polar surface area (TPSA) is 92.8 Å². The number of imide groups is 1. The predicted octanol–water partition coefficient (Wildman–Crippen LogP) is 4.52. The number of alkyl halides is 2. The molecule has 6 atom stereocenters. The second-order valence-electron chi connectivity index (χ2n) is 9.15. The standard InChI is InChI=1S/C25H21BrCl2N2O5/c1-11-8-13(4-7-17(11)26)29-18(31)10-35-25(34)12-2-5-14(6-3-12)30-23(32)19-15-9-16(20(19)24(30)33)22(28)21(15)27/h2-8,15-16,19-22H,9-10H2,1H3,(H,29,31)/t15-,16-,19-,20+,21+,22+/m1/s1. The van der Waals surface area contributed by atoms with Gasteiger partial charge in [-0.1, -0.05) is 15.9 Å². The van der Waals surface area contributed by atoms with E-state index in [0.29, 0.717) is 17.8 Å². The molecule has 2 aromatic rings. The average molecular weight is 580 g/mol. The fraction of sp³-hybridized carbons (Fsp3) is 0.360. The minimum atomic E-state index is -0.692. The molecule has 1 aliphatic heterocycles. The van der Waals surface area contributed by atoms with Gasteiger partial charge in [-0.25, -0.2) is 4.79 Å². The second kappa shape index (κ2) is 9.22. The monoisotopic (exact) mass is 578 g/mol. The first-order valence-electron chi connectivity index (χ1n) is 11.2. The first-order valence-corrected chi connectivity index (χ1v) is 12.8. The van der Waals surface area contributed by atoms with Gasteiger partial charge in [0, 0.05) is 10.2 Å². The molecule has 2 bridgehead atoms. The number of carbonyl (C=O) groups excluding carboxylic acids is 4. The van der Waals surface area contributed by atoms with E-state index >= 15 is 0 Å². The Morgan fingerprint density at radius 1 is 1.03 bits per heavy atom. The van der Waals surface area contributed by atoms with Gasteiger partial charge in [0.2, 0.25) is 11.8 Å². The number of rotatable bonds is 5. The zero-order valence-corrected chi connectivity index (χ0v) is 21.6. The lowest BCUT2D eigenvalue weighted by molar-refractivity contribution is -0.123. The summed E-state index contributed by atoms with van der Waals surface area (Å²) < 4.78 is 6.03. The number of esters is 1. The number of nitrogens with one attached hydrogen (secondary N) is 1. The molecule has 10 heteroatoms. The van der Waals surface area contributed by atoms with Crippen LogP contribution in [0.4, 0.5) is 11.4 Å². The van der Waals surface area contributed by atoms with Crippen molar-refractivity contribution in [3.8, 4) is 0 Å². The van der Waals surface area contributed by atoms with E-state index in [-0.39, 0.29) is 40.0 Å². The Labute approximate surface area is 220 Å². The van der Waals surface area contributed by atoms with E-state index in [9.17, 15) is 19.2 Å². The van der Waals surface area contributed by atoms with Crippen molar-refractivity contribution >= 4 is 74.2 Å². The lowest BCUT2D eigenvalue weighted by atomic mass is 9.80. The van der Waals surface area contributed by atoms with Crippen LogP contribution in [0.1, 0.15) is 22.3 Å². The summed E-state index contributed by atoms with van der Waals surface area (Å²) in [5.41, 5.74) is 2.12. The Hall–Kier alpha value is -2.42. The van der Waals surface area contributed by atoms with Gasteiger partial charge < -0.3 is 10.1 Å². The van der Waals surface area contributed by atoms with Crippen molar-refractivity contribution in [1.82, 2.24) is 0 Å². The third-order valence-electron chi connectivity index (χ3n) is 7.12. The molecular formula is C25H21BrCl2N2O5. The zero-order chi connectivity index (χ0) is 25.0. The van der Waals surface area contributed by atoms with Crippen LogP contribution in [0.15, 0.2) is 46.9 Å². The van der Waals surface area contributed by atoms with Gasteiger partial charge in [-0.3, -0.25) is 19.3 Å². The Morgan fingerprint density at radius 2 is 1.63 bits per heavy atom. The maximum atomic E-state index is 13.1. The number of carbonyl (C=O) groups is 4. The molecule has 2 aromatic carbocycles. The van der Waals surface area contributed by atoms with Crippen molar-refractivity contribution in [2.75, 3.05) is 16.8 Å². The lowest BCUT2D eigenvalue weighted by Gasteiger charge is -2.28. The van der Waals surface area contributed by atoms with E-state index in [4.69, 9.17) is 27.9 Å². The summed E-state index contributed by atoms with van der Waals surface area (Å²) in [5, 5.41) is 2.04. The lowest BCUT2D eigenvalue weighted by Crippen LogP contribution is -2.37. The molecule has 0 aromatic heterocycles. The summed E-state index contributed by atoms with van der Waals surface area (Å²) in [7, 11) is 0. The van der Waals surface area contributed by atoms with Crippen molar-refractivity contribution in [1.29, 1.82) is 0 Å². The normalized spacial score (nSPS) is 28.9. The largest absolute Gasteiger partial charge is 0.452 e. The van der Waals surface area contributed by atoms with Gasteiger partial charge in [-0.15, -0.1) is 23.2 Å². The number of hydrogen-bond acceptors (Lipinski definition) is 5. The van der Waals surface area contributed by atoms with Gasteiger partial charge >= 0.3 is 5.97 Å². The number of ether oxygens (including phenoxy) is 1. The number of hydrogen-bond donors (Lipinski definition) is 1. The number of aryl methyl sites for hydroxylation is 1. The van der Waals surface area contributed by atoms with Crippen LogP contribution in [0.25, 0.3) is 0 Å². The molecule has 7 nitrogen and oxygen atoms in total. The molecule has 1 N–H and O–H groups in total. The highest BCUT2D eigenvalue weighted by Gasteiger charge is 2.66. The van der Waals surface area contributed by atoms with Crippen LogP contribution in [0.3, 0.4) is 0 Å². The first-order chi connectivity index (χ1) is 16.7. The Morgan fingerprint density at radius 3 is 2.20 bits per heavy atom. The summed E-state index contributed by atoms with van der Waals surface area (Å²) in [5.74, 6) is -2.78. The van der Waals surface area contributed by atoms with Gasteiger partial charge in [0.05, 0.1) is 33.8 Å². The van der Waals surface area contributed by atoms with E-state index in [1.165, 1.54) is 29.2 Å². The zero-order valence-electron chi connectivity index (χ0n) is 18.5. The van der Waals surface area contributed by atoms with Gasteiger partial charge in [0.1, 0.15) is 0 Å². The van der Waals surface area contributed by atoms with E-state index in [2.05, 4.69) is 21.2 Å². The van der Waals surface area contributed by atoms with Crippen molar-refractivity contribution in [3.63, 3.8) is 0 Å². The minimum Gasteiger partial charge on any atom is -0.452 e. The molecule has 3 aliphatic rings. The van der Waals surface area contributed by atoms with Crippen LogP contribution in [0.5, 0.6) is 0 Å². The summed E-state index contributed by atoms with van der Waals surface area (Å²) >= 11 is 16.2. The van der Waals surface area contributed by atoms with Crippen molar-refractivity contribution < 1.29 is 23.9 Å². The number of benzene rings is 2. The van der Waals surface area contributed by atoms with E-state index in [0.717, 1.165) is 10.0 Å². The third-order valence-corrected chi connectivity index (χ3v) is 9.33. The van der Waals surface area contributed by atoms with Gasteiger partial charge in [-0.2, -0.15) is 0 Å². The molecule has 1 saturated heterocycles. The van der Waals surface area contributed by atoms with E-state index in [1.54, 1.807) is 12.1 Å². The molecule has 3 amide bonds. The predicted molar refractivity (Wildman–Crippen MR) is 135 cm³/mol. The van der Waals surface area contributed by atoms with E-state index < -0.39 is 30.3 Å². The molecule has 0 radical (unpaired) electrons. The fourth-order valence-electron chi connectivity index (χ4n) is 5.48. The molecule has 5 rings (SSSR count). The van der Waals surface area contributed by atoms with E-state index in [1.807, 2.05) is 13.0 Å². The van der Waals surface area contributed by atoms with Gasteiger partial charge in [0.15, 0.2) is 6.61 Å². The number of nitrogens with zero attached hydrogens (tertiary/aromatic N) is 1. The molecule has 35 heavy (non-hydrogen) atoms. The smallest absolute Gasteiger partial charge is 0.338 e. The molecule has 3 fully saturated rings. The number of halogens is 3. The molecule has 1 heterocycles. The maximum absolute atomic E-state index is 13.1. The van der Waals surface area contributed by atoms with Crippen LogP contribution in [-0.4, -0.2) is 41.1 Å². The summed E-state index contributed by atoms with van der Waals surface area (Å²) in [4.78, 5) is 51.9. The maximum Gasteiger partial charge on any atom is 0.338 e. The Bertz CT molecular complexity index is 1200. The molecule has 2 aliphatic carbocycles. The Kier molecular flexibility index (Phi) is 6.40. The van der Waals surface area contributed by atoms with Crippen molar-refractivity contribution in [2.24, 2.45) is 23.7 Å². The highest BCUT2D eigenvalue weighted by atomic mass is 79.9. The summed E-state index contributed by atoms with van der Waals surface area (Å²) in [6, 6.07) is 11.3. The van der Waals surface area contributed by atoms with Crippen LogP contribution >= 0.6 is 39.1 Å².